The number of fused-ring (bicyclic) bond motifs is 1. The van der Waals surface area contributed by atoms with E-state index in [0.29, 0.717) is 5.95 Å². The predicted molar refractivity (Wildman–Crippen MR) is 86.0 cm³/mol. The number of nitrogens with zero attached hydrogens (tertiary/aromatic N) is 3. The fraction of sp³-hybridized carbons (Fsp3) is 0.500. The summed E-state index contributed by atoms with van der Waals surface area (Å²) in [7, 11) is 1.84. The van der Waals surface area contributed by atoms with E-state index < -0.39 is 0 Å². The molecule has 2 N–H and O–H groups in total. The molecule has 2 heterocycles. The van der Waals surface area contributed by atoms with Crippen molar-refractivity contribution in [3.8, 4) is 0 Å². The summed E-state index contributed by atoms with van der Waals surface area (Å²) in [5, 5.41) is 10.8. The maximum atomic E-state index is 4.53. The van der Waals surface area contributed by atoms with Crippen LogP contribution in [0.1, 0.15) is 44.4 Å². The summed E-state index contributed by atoms with van der Waals surface area (Å²) in [5.74, 6) is 1.51. The molecular formula is C16H23N5. The minimum Gasteiger partial charge on any atom is -0.356 e. The Morgan fingerprint density at radius 1 is 1.24 bits per heavy atom. The van der Waals surface area contributed by atoms with Crippen LogP contribution in [0.15, 0.2) is 24.3 Å². The average molecular weight is 285 g/mol. The molecule has 21 heavy (non-hydrogen) atoms. The summed E-state index contributed by atoms with van der Waals surface area (Å²) in [6.45, 7) is 7.64. The van der Waals surface area contributed by atoms with Crippen molar-refractivity contribution in [2.45, 2.75) is 38.6 Å². The zero-order valence-corrected chi connectivity index (χ0v) is 13.1. The lowest BCUT2D eigenvalue weighted by atomic mass is 9.86. The van der Waals surface area contributed by atoms with Crippen molar-refractivity contribution < 1.29 is 0 Å². The first-order valence-corrected chi connectivity index (χ1v) is 7.47. The quantitative estimate of drug-likeness (QED) is 0.890. The minimum absolute atomic E-state index is 0.185. The summed E-state index contributed by atoms with van der Waals surface area (Å²) < 4.78 is 1.99. The van der Waals surface area contributed by atoms with Crippen LogP contribution in [-0.4, -0.2) is 28.4 Å². The van der Waals surface area contributed by atoms with Gasteiger partial charge in [-0.3, -0.25) is 0 Å². The molecule has 0 saturated carbocycles. The van der Waals surface area contributed by atoms with E-state index in [2.05, 4.69) is 65.8 Å². The molecule has 0 bridgehead atoms. The second-order valence-corrected chi connectivity index (χ2v) is 6.56. The SMILES string of the molecule is CNc1nc2n(n1)C(c1ccc(C(C)(C)C)cc1)CCN2. The molecule has 1 unspecified atom stereocenters. The van der Waals surface area contributed by atoms with Gasteiger partial charge in [0.15, 0.2) is 0 Å². The molecule has 5 nitrogen and oxygen atoms in total. The van der Waals surface area contributed by atoms with E-state index in [1.807, 2.05) is 11.7 Å². The van der Waals surface area contributed by atoms with E-state index in [-0.39, 0.29) is 11.5 Å². The van der Waals surface area contributed by atoms with Crippen LogP contribution in [0.25, 0.3) is 0 Å². The highest BCUT2D eigenvalue weighted by Crippen LogP contribution is 2.30. The normalized spacial score (nSPS) is 18.0. The maximum Gasteiger partial charge on any atom is 0.243 e. The lowest BCUT2D eigenvalue weighted by Gasteiger charge is -2.25. The van der Waals surface area contributed by atoms with Gasteiger partial charge in [-0.15, -0.1) is 5.10 Å². The average Bonchev–Trinajstić information content (AvgIpc) is 2.89. The van der Waals surface area contributed by atoms with Crippen molar-refractivity contribution in [3.63, 3.8) is 0 Å². The van der Waals surface area contributed by atoms with Crippen molar-refractivity contribution >= 4 is 11.9 Å². The number of aromatic nitrogens is 3. The third kappa shape index (κ3) is 2.60. The van der Waals surface area contributed by atoms with Crippen molar-refractivity contribution in [2.24, 2.45) is 0 Å². The molecule has 0 aliphatic carbocycles. The fourth-order valence-electron chi connectivity index (χ4n) is 2.72. The van der Waals surface area contributed by atoms with Gasteiger partial charge >= 0.3 is 0 Å². The van der Waals surface area contributed by atoms with Gasteiger partial charge in [-0.25, -0.2) is 4.68 Å². The Balaban J connectivity index is 1.93. The number of rotatable bonds is 2. The van der Waals surface area contributed by atoms with Crippen LogP contribution < -0.4 is 10.6 Å². The predicted octanol–water partition coefficient (Wildman–Crippen LogP) is 3.02. The molecular weight excluding hydrogens is 262 g/mol. The summed E-state index contributed by atoms with van der Waals surface area (Å²) in [5.41, 5.74) is 2.83. The van der Waals surface area contributed by atoms with Gasteiger partial charge < -0.3 is 10.6 Å². The van der Waals surface area contributed by atoms with Crippen molar-refractivity contribution in [1.29, 1.82) is 0 Å². The first-order valence-electron chi connectivity index (χ1n) is 7.47. The monoisotopic (exact) mass is 285 g/mol. The number of hydrogen-bond donors (Lipinski definition) is 2. The summed E-state index contributed by atoms with van der Waals surface area (Å²) in [6.07, 6.45) is 1.02. The van der Waals surface area contributed by atoms with Crippen LogP contribution in [0.4, 0.5) is 11.9 Å². The highest BCUT2D eigenvalue weighted by molar-refractivity contribution is 5.39. The third-order valence-electron chi connectivity index (χ3n) is 4.01. The summed E-state index contributed by atoms with van der Waals surface area (Å²) in [4.78, 5) is 4.43. The molecule has 3 rings (SSSR count). The smallest absolute Gasteiger partial charge is 0.243 e. The highest BCUT2D eigenvalue weighted by atomic mass is 15.5. The van der Waals surface area contributed by atoms with Gasteiger partial charge in [0.2, 0.25) is 11.9 Å². The van der Waals surface area contributed by atoms with E-state index in [9.17, 15) is 0 Å². The number of hydrogen-bond acceptors (Lipinski definition) is 4. The Kier molecular flexibility index (Phi) is 3.35. The van der Waals surface area contributed by atoms with Gasteiger partial charge in [-0.05, 0) is 23.0 Å². The molecule has 0 spiro atoms. The molecule has 1 aliphatic rings. The van der Waals surface area contributed by atoms with E-state index in [4.69, 9.17) is 0 Å². The van der Waals surface area contributed by atoms with E-state index in [1.165, 1.54) is 11.1 Å². The number of anilines is 2. The van der Waals surface area contributed by atoms with Crippen molar-refractivity contribution in [1.82, 2.24) is 14.8 Å². The Labute approximate surface area is 125 Å². The standard InChI is InChI=1S/C16H23N5/c1-16(2,3)12-7-5-11(6-8-12)13-9-10-18-15-19-14(17-4)20-21(13)15/h5-8,13H,9-10H2,1-4H3,(H2,17,18,19,20). The van der Waals surface area contributed by atoms with Crippen LogP contribution in [0.3, 0.4) is 0 Å². The Morgan fingerprint density at radius 3 is 2.57 bits per heavy atom. The van der Waals surface area contributed by atoms with Gasteiger partial charge in [-0.1, -0.05) is 45.0 Å². The highest BCUT2D eigenvalue weighted by Gasteiger charge is 2.24. The molecule has 0 amide bonds. The molecule has 1 aliphatic heterocycles. The zero-order valence-electron chi connectivity index (χ0n) is 13.1. The molecule has 0 saturated heterocycles. The van der Waals surface area contributed by atoms with E-state index in [0.717, 1.165) is 18.9 Å². The van der Waals surface area contributed by atoms with Crippen LogP contribution in [0, 0.1) is 0 Å². The zero-order chi connectivity index (χ0) is 15.0. The third-order valence-corrected chi connectivity index (χ3v) is 4.01. The van der Waals surface area contributed by atoms with Gasteiger partial charge in [0.1, 0.15) is 0 Å². The van der Waals surface area contributed by atoms with Crippen LogP contribution in [0.2, 0.25) is 0 Å². The molecule has 1 aromatic carbocycles. The summed E-state index contributed by atoms with van der Waals surface area (Å²) >= 11 is 0. The second-order valence-electron chi connectivity index (χ2n) is 6.56. The molecule has 1 aromatic heterocycles. The Hall–Kier alpha value is -2.04. The fourth-order valence-corrected chi connectivity index (χ4v) is 2.72. The molecule has 112 valence electrons. The van der Waals surface area contributed by atoms with Gasteiger partial charge in [0.25, 0.3) is 0 Å². The van der Waals surface area contributed by atoms with Crippen LogP contribution in [-0.2, 0) is 5.41 Å². The Morgan fingerprint density at radius 2 is 1.95 bits per heavy atom. The van der Waals surface area contributed by atoms with Crippen LogP contribution in [0.5, 0.6) is 0 Å². The van der Waals surface area contributed by atoms with Gasteiger partial charge in [0.05, 0.1) is 6.04 Å². The van der Waals surface area contributed by atoms with Crippen molar-refractivity contribution in [2.75, 3.05) is 24.2 Å². The molecule has 5 heteroatoms. The first kappa shape index (κ1) is 13.9. The molecule has 0 fully saturated rings. The van der Waals surface area contributed by atoms with Crippen LogP contribution >= 0.6 is 0 Å². The van der Waals surface area contributed by atoms with Gasteiger partial charge in [0, 0.05) is 13.6 Å². The minimum atomic E-state index is 0.185. The first-order chi connectivity index (χ1) is 9.99. The number of nitrogens with one attached hydrogen (secondary N) is 2. The second kappa shape index (κ2) is 5.06. The molecule has 2 aromatic rings. The Bertz CT molecular complexity index is 621. The van der Waals surface area contributed by atoms with E-state index >= 15 is 0 Å². The lowest BCUT2D eigenvalue weighted by molar-refractivity contribution is 0.480. The van der Waals surface area contributed by atoms with Crippen molar-refractivity contribution in [3.05, 3.63) is 35.4 Å². The van der Waals surface area contributed by atoms with E-state index in [1.54, 1.807) is 0 Å². The number of benzene rings is 1. The largest absolute Gasteiger partial charge is 0.356 e. The maximum absolute atomic E-state index is 4.53. The topological polar surface area (TPSA) is 54.8 Å². The summed E-state index contributed by atoms with van der Waals surface area (Å²) in [6, 6.07) is 9.16. The molecule has 1 atom stereocenters. The van der Waals surface area contributed by atoms with Gasteiger partial charge in [-0.2, -0.15) is 4.98 Å². The molecule has 0 radical (unpaired) electrons. The lowest BCUT2D eigenvalue weighted by Crippen LogP contribution is -2.24.